The Labute approximate surface area is 104 Å². The summed E-state index contributed by atoms with van der Waals surface area (Å²) >= 11 is 0. The van der Waals surface area contributed by atoms with Crippen LogP contribution in [0.5, 0.6) is 5.75 Å². The first-order valence-corrected chi connectivity index (χ1v) is 6.42. The van der Waals surface area contributed by atoms with Gasteiger partial charge in [-0.05, 0) is 36.6 Å². The lowest BCUT2D eigenvalue weighted by Crippen LogP contribution is -1.80. The molecule has 0 atom stereocenters. The van der Waals surface area contributed by atoms with Crippen molar-refractivity contribution in [2.75, 3.05) is 0 Å². The fourth-order valence-corrected chi connectivity index (χ4v) is 1.58. The van der Waals surface area contributed by atoms with Crippen LogP contribution >= 0.6 is 0 Å². The van der Waals surface area contributed by atoms with Crippen molar-refractivity contribution >= 4 is 11.0 Å². The van der Waals surface area contributed by atoms with Crippen LogP contribution < -0.4 is 0 Å². The molecule has 2 rings (SSSR count). The van der Waals surface area contributed by atoms with E-state index in [9.17, 15) is 5.11 Å². The van der Waals surface area contributed by atoms with Gasteiger partial charge in [0, 0.05) is 5.39 Å². The van der Waals surface area contributed by atoms with Crippen molar-refractivity contribution in [3.05, 3.63) is 29.5 Å². The second-order valence-corrected chi connectivity index (χ2v) is 3.25. The zero-order chi connectivity index (χ0) is 13.4. The Hall–Kier alpha value is -1.44. The highest BCUT2D eigenvalue weighted by molar-refractivity contribution is 5.85. The Morgan fingerprint density at radius 2 is 1.71 bits per heavy atom. The molecule has 0 aliphatic heterocycles. The molecule has 17 heavy (non-hydrogen) atoms. The van der Waals surface area contributed by atoms with E-state index in [-0.39, 0.29) is 0 Å². The van der Waals surface area contributed by atoms with Crippen molar-refractivity contribution in [1.29, 1.82) is 0 Å². The second kappa shape index (κ2) is 7.77. The molecule has 0 amide bonds. The maximum atomic E-state index is 9.44. The van der Waals surface area contributed by atoms with Crippen LogP contribution in [0.15, 0.2) is 22.8 Å². The number of aryl methyl sites for hydroxylation is 2. The van der Waals surface area contributed by atoms with E-state index in [0.717, 1.165) is 28.5 Å². The minimum atomic E-state index is 0.314. The largest absolute Gasteiger partial charge is 0.508 e. The molecule has 2 aromatic rings. The number of furan rings is 1. The number of hydrogen-bond donors (Lipinski definition) is 1. The van der Waals surface area contributed by atoms with Gasteiger partial charge in [0.15, 0.2) is 0 Å². The monoisotopic (exact) mass is 236 g/mol. The van der Waals surface area contributed by atoms with E-state index in [2.05, 4.69) is 0 Å². The number of hydrogen-bond acceptors (Lipinski definition) is 2. The smallest absolute Gasteiger partial charge is 0.137 e. The van der Waals surface area contributed by atoms with Crippen LogP contribution in [0.3, 0.4) is 0 Å². The van der Waals surface area contributed by atoms with Crippen molar-refractivity contribution in [2.24, 2.45) is 0 Å². The average molecular weight is 236 g/mol. The lowest BCUT2D eigenvalue weighted by molar-refractivity contribution is 0.475. The highest BCUT2D eigenvalue weighted by atomic mass is 16.3. The normalized spacial score (nSPS) is 9.06. The highest BCUT2D eigenvalue weighted by Crippen LogP contribution is 2.28. The lowest BCUT2D eigenvalue weighted by atomic mass is 10.1. The SMILES string of the molecule is CC.CC.CCc1cc(O)cc2c(C)coc12. The molecule has 0 unspecified atom stereocenters. The predicted molar refractivity (Wildman–Crippen MR) is 74.7 cm³/mol. The number of phenolic OH excluding ortho intramolecular Hbond substituents is 1. The second-order valence-electron chi connectivity index (χ2n) is 3.25. The minimum Gasteiger partial charge on any atom is -0.508 e. The highest BCUT2D eigenvalue weighted by Gasteiger charge is 2.07. The molecule has 0 saturated heterocycles. The maximum absolute atomic E-state index is 9.44. The number of aromatic hydroxyl groups is 1. The Bertz CT molecular complexity index is 441. The van der Waals surface area contributed by atoms with Crippen LogP contribution in [0.25, 0.3) is 11.0 Å². The fourth-order valence-electron chi connectivity index (χ4n) is 1.58. The molecule has 0 fully saturated rings. The molecule has 0 saturated carbocycles. The standard InChI is InChI=1S/C11H12O2.2C2H6/c1-3-8-4-9(12)5-10-7(2)6-13-11(8)10;2*1-2/h4-6,12H,3H2,1-2H3;2*1-2H3. The molecular formula is C15H24O2. The first kappa shape index (κ1) is 15.6. The summed E-state index contributed by atoms with van der Waals surface area (Å²) in [6.07, 6.45) is 2.60. The molecule has 2 heteroatoms. The van der Waals surface area contributed by atoms with Crippen molar-refractivity contribution in [3.8, 4) is 5.75 Å². The van der Waals surface area contributed by atoms with Gasteiger partial charge in [-0.25, -0.2) is 0 Å². The first-order valence-electron chi connectivity index (χ1n) is 6.42. The summed E-state index contributed by atoms with van der Waals surface area (Å²) in [7, 11) is 0. The van der Waals surface area contributed by atoms with Gasteiger partial charge in [-0.2, -0.15) is 0 Å². The van der Waals surface area contributed by atoms with E-state index < -0.39 is 0 Å². The molecular weight excluding hydrogens is 212 g/mol. The van der Waals surface area contributed by atoms with Crippen LogP contribution in [0.2, 0.25) is 0 Å². The van der Waals surface area contributed by atoms with Crippen LogP contribution in [-0.2, 0) is 6.42 Å². The van der Waals surface area contributed by atoms with E-state index in [4.69, 9.17) is 4.42 Å². The summed E-state index contributed by atoms with van der Waals surface area (Å²) in [6, 6.07) is 3.50. The molecule has 2 nitrogen and oxygen atoms in total. The topological polar surface area (TPSA) is 33.4 Å². The van der Waals surface area contributed by atoms with Gasteiger partial charge in [0.05, 0.1) is 6.26 Å². The minimum absolute atomic E-state index is 0.314. The Morgan fingerprint density at radius 3 is 2.24 bits per heavy atom. The predicted octanol–water partition coefficient (Wildman–Crippen LogP) is 5.06. The van der Waals surface area contributed by atoms with Crippen LogP contribution in [0, 0.1) is 6.92 Å². The zero-order valence-electron chi connectivity index (χ0n) is 11.8. The third-order valence-electron chi connectivity index (χ3n) is 2.31. The van der Waals surface area contributed by atoms with Gasteiger partial charge in [-0.3, -0.25) is 0 Å². The van der Waals surface area contributed by atoms with Gasteiger partial charge in [-0.1, -0.05) is 34.6 Å². The Morgan fingerprint density at radius 1 is 1.12 bits per heavy atom. The van der Waals surface area contributed by atoms with Gasteiger partial charge in [0.2, 0.25) is 0 Å². The van der Waals surface area contributed by atoms with Crippen molar-refractivity contribution in [2.45, 2.75) is 48.0 Å². The van der Waals surface area contributed by atoms with Crippen LogP contribution in [0.4, 0.5) is 0 Å². The molecule has 1 aromatic heterocycles. The molecule has 0 bridgehead atoms. The van der Waals surface area contributed by atoms with Gasteiger partial charge in [0.1, 0.15) is 11.3 Å². The molecule has 1 aromatic carbocycles. The van der Waals surface area contributed by atoms with E-state index in [0.29, 0.717) is 5.75 Å². The van der Waals surface area contributed by atoms with Gasteiger partial charge >= 0.3 is 0 Å². The fraction of sp³-hybridized carbons (Fsp3) is 0.467. The zero-order valence-corrected chi connectivity index (χ0v) is 11.8. The van der Waals surface area contributed by atoms with Crippen molar-refractivity contribution in [3.63, 3.8) is 0 Å². The average Bonchev–Trinajstić information content (AvgIpc) is 2.75. The molecule has 0 radical (unpaired) electrons. The van der Waals surface area contributed by atoms with Crippen molar-refractivity contribution in [1.82, 2.24) is 0 Å². The quantitative estimate of drug-likeness (QED) is 0.750. The van der Waals surface area contributed by atoms with Gasteiger partial charge in [-0.15, -0.1) is 0 Å². The molecule has 1 N–H and O–H groups in total. The van der Waals surface area contributed by atoms with E-state index >= 15 is 0 Å². The van der Waals surface area contributed by atoms with Crippen molar-refractivity contribution < 1.29 is 9.52 Å². The molecule has 0 spiro atoms. The van der Waals surface area contributed by atoms with Gasteiger partial charge in [0.25, 0.3) is 0 Å². The molecule has 0 aliphatic carbocycles. The van der Waals surface area contributed by atoms with Gasteiger partial charge < -0.3 is 9.52 Å². The summed E-state index contributed by atoms with van der Waals surface area (Å²) in [5.41, 5.74) is 3.03. The lowest BCUT2D eigenvalue weighted by Gasteiger charge is -1.99. The molecule has 0 aliphatic rings. The molecule has 96 valence electrons. The summed E-state index contributed by atoms with van der Waals surface area (Å²) in [4.78, 5) is 0. The number of phenols is 1. The Kier molecular flexibility index (Phi) is 7.11. The number of benzene rings is 1. The first-order chi connectivity index (χ1) is 8.22. The van der Waals surface area contributed by atoms with E-state index in [1.165, 1.54) is 0 Å². The third-order valence-corrected chi connectivity index (χ3v) is 2.31. The summed E-state index contributed by atoms with van der Waals surface area (Å²) in [5, 5.41) is 10.5. The van der Waals surface area contributed by atoms with E-state index in [1.807, 2.05) is 41.5 Å². The summed E-state index contributed by atoms with van der Waals surface area (Å²) in [6.45, 7) is 12.0. The summed E-state index contributed by atoms with van der Waals surface area (Å²) < 4.78 is 5.41. The summed E-state index contributed by atoms with van der Waals surface area (Å²) in [5.74, 6) is 0.314. The van der Waals surface area contributed by atoms with E-state index in [1.54, 1.807) is 18.4 Å². The molecule has 1 heterocycles. The number of rotatable bonds is 1. The maximum Gasteiger partial charge on any atom is 0.137 e. The van der Waals surface area contributed by atoms with Crippen LogP contribution in [0.1, 0.15) is 45.7 Å². The number of fused-ring (bicyclic) bond motifs is 1. The van der Waals surface area contributed by atoms with Crippen LogP contribution in [-0.4, -0.2) is 5.11 Å². The Balaban J connectivity index is 0.000000581. The third kappa shape index (κ3) is 3.52.